The van der Waals surface area contributed by atoms with Crippen LogP contribution in [0, 0.1) is 5.92 Å². The van der Waals surface area contributed by atoms with Crippen LogP contribution in [0.5, 0.6) is 0 Å². The molecule has 1 nitrogen and oxygen atoms in total. The second-order valence-electron chi connectivity index (χ2n) is 3.95. The van der Waals surface area contributed by atoms with Crippen molar-refractivity contribution in [2.45, 2.75) is 20.3 Å². The van der Waals surface area contributed by atoms with Gasteiger partial charge in [0, 0.05) is 5.92 Å². The summed E-state index contributed by atoms with van der Waals surface area (Å²) in [5, 5.41) is 0. The average molecular weight is 214 g/mol. The highest BCUT2D eigenvalue weighted by atomic mass is 16.1. The number of rotatable bonds is 5. The summed E-state index contributed by atoms with van der Waals surface area (Å²) in [5.74, 6) is 0.373. The van der Waals surface area contributed by atoms with Crippen molar-refractivity contribution >= 4 is 11.9 Å². The smallest absolute Gasteiger partial charge is 0.132 e. The zero-order chi connectivity index (χ0) is 11.8. The van der Waals surface area contributed by atoms with Crippen molar-refractivity contribution in [3.63, 3.8) is 0 Å². The zero-order valence-corrected chi connectivity index (χ0v) is 9.89. The maximum atomic E-state index is 11.0. The Kier molecular flexibility index (Phi) is 5.27. The summed E-state index contributed by atoms with van der Waals surface area (Å²) in [5.41, 5.74) is 1.19. The molecule has 0 saturated heterocycles. The molecular formula is C15H18O. The number of hydrogen-bond donors (Lipinski definition) is 0. The van der Waals surface area contributed by atoms with Crippen LogP contribution < -0.4 is 0 Å². The van der Waals surface area contributed by atoms with Gasteiger partial charge in [-0.25, -0.2) is 0 Å². The van der Waals surface area contributed by atoms with Crippen molar-refractivity contribution in [1.29, 1.82) is 0 Å². The van der Waals surface area contributed by atoms with Gasteiger partial charge in [0.1, 0.15) is 5.78 Å². The first kappa shape index (κ1) is 12.4. The van der Waals surface area contributed by atoms with Crippen molar-refractivity contribution in [2.75, 3.05) is 0 Å². The molecule has 0 heterocycles. The van der Waals surface area contributed by atoms with Crippen molar-refractivity contribution in [2.24, 2.45) is 5.92 Å². The van der Waals surface area contributed by atoms with Crippen LogP contribution in [-0.4, -0.2) is 5.78 Å². The van der Waals surface area contributed by atoms with E-state index in [2.05, 4.69) is 18.2 Å². The van der Waals surface area contributed by atoms with Crippen LogP contribution in [0.2, 0.25) is 0 Å². The van der Waals surface area contributed by atoms with Crippen molar-refractivity contribution in [1.82, 2.24) is 0 Å². The monoisotopic (exact) mass is 214 g/mol. The fourth-order valence-electron chi connectivity index (χ4n) is 1.26. The molecule has 0 spiro atoms. The summed E-state index contributed by atoms with van der Waals surface area (Å²) < 4.78 is 0. The van der Waals surface area contributed by atoms with Gasteiger partial charge in [-0.05, 0) is 18.9 Å². The van der Waals surface area contributed by atoms with Crippen LogP contribution in [0.4, 0.5) is 0 Å². The van der Waals surface area contributed by atoms with Crippen molar-refractivity contribution in [3.05, 3.63) is 54.1 Å². The second-order valence-corrected chi connectivity index (χ2v) is 3.95. The third kappa shape index (κ3) is 4.74. The Morgan fingerprint density at radius 2 is 1.94 bits per heavy atom. The minimum absolute atomic E-state index is 0.126. The molecule has 0 bridgehead atoms. The number of allylic oxidation sites excluding steroid dienone is 3. The predicted molar refractivity (Wildman–Crippen MR) is 69.1 cm³/mol. The maximum Gasteiger partial charge on any atom is 0.132 e. The first-order chi connectivity index (χ1) is 7.70. The summed E-state index contributed by atoms with van der Waals surface area (Å²) in [6.07, 6.45) is 8.89. The molecule has 1 atom stereocenters. The largest absolute Gasteiger partial charge is 0.300 e. The average Bonchev–Trinajstić information content (AvgIpc) is 2.29. The van der Waals surface area contributed by atoms with E-state index in [9.17, 15) is 4.79 Å². The van der Waals surface area contributed by atoms with E-state index in [1.54, 1.807) is 6.92 Å². The van der Waals surface area contributed by atoms with E-state index in [0.717, 1.165) is 6.42 Å². The number of ketones is 1. The van der Waals surface area contributed by atoms with E-state index in [1.807, 2.05) is 43.4 Å². The summed E-state index contributed by atoms with van der Waals surface area (Å²) >= 11 is 0. The summed E-state index contributed by atoms with van der Waals surface area (Å²) in [6, 6.07) is 10.1. The molecule has 16 heavy (non-hydrogen) atoms. The lowest BCUT2D eigenvalue weighted by Crippen LogP contribution is -2.03. The molecule has 0 saturated carbocycles. The topological polar surface area (TPSA) is 17.1 Å². The molecule has 0 radical (unpaired) electrons. The molecule has 1 aromatic rings. The Hall–Kier alpha value is -1.63. The summed E-state index contributed by atoms with van der Waals surface area (Å²) in [4.78, 5) is 11.0. The molecule has 84 valence electrons. The number of hydrogen-bond acceptors (Lipinski definition) is 1. The van der Waals surface area contributed by atoms with Crippen molar-refractivity contribution in [3.8, 4) is 0 Å². The highest BCUT2D eigenvalue weighted by molar-refractivity contribution is 5.78. The van der Waals surface area contributed by atoms with Gasteiger partial charge in [0.2, 0.25) is 0 Å². The standard InChI is InChI=1S/C15H18O/c1-13(14(2)16)9-5-3-6-10-15-11-7-4-8-12-15/h3-8,10-13H,9H2,1-2H3/b5-3+,10-6+/t13-/m0/s1. The van der Waals surface area contributed by atoms with Gasteiger partial charge >= 0.3 is 0 Å². The van der Waals surface area contributed by atoms with E-state index < -0.39 is 0 Å². The maximum absolute atomic E-state index is 11.0. The molecule has 0 aliphatic heterocycles. The van der Waals surface area contributed by atoms with Crippen LogP contribution >= 0.6 is 0 Å². The molecule has 0 aromatic heterocycles. The van der Waals surface area contributed by atoms with E-state index in [1.165, 1.54) is 5.56 Å². The predicted octanol–water partition coefficient (Wildman–Crippen LogP) is 3.87. The molecule has 0 fully saturated rings. The fourth-order valence-corrected chi connectivity index (χ4v) is 1.26. The first-order valence-electron chi connectivity index (χ1n) is 5.59. The summed E-state index contributed by atoms with van der Waals surface area (Å²) in [7, 11) is 0. The third-order valence-corrected chi connectivity index (χ3v) is 2.52. The first-order valence-corrected chi connectivity index (χ1v) is 5.59. The van der Waals surface area contributed by atoms with Crippen LogP contribution in [0.3, 0.4) is 0 Å². The highest BCUT2D eigenvalue weighted by Gasteiger charge is 2.03. The summed E-state index contributed by atoms with van der Waals surface area (Å²) in [6.45, 7) is 3.59. The Morgan fingerprint density at radius 1 is 1.25 bits per heavy atom. The molecule has 0 unspecified atom stereocenters. The van der Waals surface area contributed by atoms with Crippen molar-refractivity contribution < 1.29 is 4.79 Å². The molecule has 0 aliphatic carbocycles. The number of Topliss-reactive ketones (excluding diaryl/α,β-unsaturated/α-hetero) is 1. The molecule has 1 rings (SSSR count). The fraction of sp³-hybridized carbons (Fsp3) is 0.267. The minimum Gasteiger partial charge on any atom is -0.300 e. The van der Waals surface area contributed by atoms with E-state index in [4.69, 9.17) is 0 Å². The van der Waals surface area contributed by atoms with Crippen LogP contribution in [-0.2, 0) is 4.79 Å². The van der Waals surface area contributed by atoms with Gasteiger partial charge in [-0.1, -0.05) is 61.6 Å². The van der Waals surface area contributed by atoms with Crippen LogP contribution in [0.15, 0.2) is 48.6 Å². The number of carbonyl (C=O) groups excluding carboxylic acids is 1. The van der Waals surface area contributed by atoms with Crippen LogP contribution in [0.1, 0.15) is 25.8 Å². The lowest BCUT2D eigenvalue weighted by Gasteiger charge is -2.00. The molecule has 1 heteroatoms. The Balaban J connectivity index is 2.37. The highest BCUT2D eigenvalue weighted by Crippen LogP contribution is 2.05. The van der Waals surface area contributed by atoms with Gasteiger partial charge in [-0.2, -0.15) is 0 Å². The van der Waals surface area contributed by atoms with E-state index >= 15 is 0 Å². The molecule has 0 aliphatic rings. The molecule has 0 amide bonds. The van der Waals surface area contributed by atoms with Gasteiger partial charge < -0.3 is 0 Å². The van der Waals surface area contributed by atoms with E-state index in [-0.39, 0.29) is 11.7 Å². The lowest BCUT2D eigenvalue weighted by atomic mass is 10.0. The SMILES string of the molecule is CC(=O)[C@@H](C)C/C=C/C=C/c1ccccc1. The number of carbonyl (C=O) groups is 1. The quantitative estimate of drug-likeness (QED) is 0.680. The minimum atomic E-state index is 0.126. The van der Waals surface area contributed by atoms with Gasteiger partial charge in [-0.15, -0.1) is 0 Å². The van der Waals surface area contributed by atoms with Gasteiger partial charge in [-0.3, -0.25) is 4.79 Å². The molecule has 1 aromatic carbocycles. The van der Waals surface area contributed by atoms with Gasteiger partial charge in [0.15, 0.2) is 0 Å². The number of benzene rings is 1. The second kappa shape index (κ2) is 6.78. The van der Waals surface area contributed by atoms with E-state index in [0.29, 0.717) is 0 Å². The molecule has 0 N–H and O–H groups in total. The lowest BCUT2D eigenvalue weighted by molar-refractivity contribution is -0.120. The normalized spacial score (nSPS) is 13.4. The van der Waals surface area contributed by atoms with Gasteiger partial charge in [0.05, 0.1) is 0 Å². The van der Waals surface area contributed by atoms with Gasteiger partial charge in [0.25, 0.3) is 0 Å². The Labute approximate surface area is 97.5 Å². The zero-order valence-electron chi connectivity index (χ0n) is 9.89. The molecular weight excluding hydrogens is 196 g/mol. The van der Waals surface area contributed by atoms with Crippen LogP contribution in [0.25, 0.3) is 6.08 Å². The Bertz CT molecular complexity index is 374. The Morgan fingerprint density at radius 3 is 2.56 bits per heavy atom. The third-order valence-electron chi connectivity index (χ3n) is 2.52.